The quantitative estimate of drug-likeness (QED) is 0.816. The predicted molar refractivity (Wildman–Crippen MR) is 61.8 cm³/mol. The van der Waals surface area contributed by atoms with Gasteiger partial charge in [0.25, 0.3) is 5.56 Å². The number of thioether (sulfide) groups is 1. The molecule has 0 saturated carbocycles. The van der Waals surface area contributed by atoms with Gasteiger partial charge in [-0.2, -0.15) is 11.8 Å². The largest absolute Gasteiger partial charge is 0.322 e. The fourth-order valence-corrected chi connectivity index (χ4v) is 1.98. The third-order valence-corrected chi connectivity index (χ3v) is 2.73. The van der Waals surface area contributed by atoms with Crippen LogP contribution >= 0.6 is 11.8 Å². The lowest BCUT2D eigenvalue weighted by Gasteiger charge is -2.00. The molecule has 72 valence electrons. The third-order valence-electron chi connectivity index (χ3n) is 2.13. The zero-order chi connectivity index (χ0) is 9.97. The van der Waals surface area contributed by atoms with Gasteiger partial charge in [-0.1, -0.05) is 18.2 Å². The first-order chi connectivity index (χ1) is 6.81. The van der Waals surface area contributed by atoms with Crippen LogP contribution in [0.2, 0.25) is 0 Å². The summed E-state index contributed by atoms with van der Waals surface area (Å²) >= 11 is 1.66. The number of aromatic nitrogens is 1. The van der Waals surface area contributed by atoms with Crippen LogP contribution in [-0.2, 0) is 5.75 Å². The van der Waals surface area contributed by atoms with Crippen LogP contribution in [0.4, 0.5) is 0 Å². The number of hydrogen-bond donors (Lipinski definition) is 1. The van der Waals surface area contributed by atoms with E-state index >= 15 is 0 Å². The van der Waals surface area contributed by atoms with E-state index in [-0.39, 0.29) is 5.56 Å². The van der Waals surface area contributed by atoms with Gasteiger partial charge in [0.15, 0.2) is 0 Å². The van der Waals surface area contributed by atoms with E-state index in [1.54, 1.807) is 11.8 Å². The lowest BCUT2D eigenvalue weighted by atomic mass is 10.2. The van der Waals surface area contributed by atoms with Crippen LogP contribution in [-0.4, -0.2) is 11.2 Å². The van der Waals surface area contributed by atoms with Crippen molar-refractivity contribution in [2.75, 3.05) is 6.26 Å². The van der Waals surface area contributed by atoms with E-state index in [0.717, 1.165) is 22.2 Å². The van der Waals surface area contributed by atoms with Crippen LogP contribution in [0.25, 0.3) is 10.9 Å². The first-order valence-corrected chi connectivity index (χ1v) is 5.80. The number of nitrogens with one attached hydrogen (secondary N) is 1. The summed E-state index contributed by atoms with van der Waals surface area (Å²) in [6.07, 6.45) is 1.99. The van der Waals surface area contributed by atoms with Crippen LogP contribution in [0.3, 0.4) is 0 Å². The van der Waals surface area contributed by atoms with Gasteiger partial charge in [0.1, 0.15) is 0 Å². The molecule has 1 aromatic carbocycles. The molecule has 0 saturated heterocycles. The minimum atomic E-state index is 0.0260. The molecule has 0 unspecified atom stereocenters. The van der Waals surface area contributed by atoms with Crippen molar-refractivity contribution in [3.8, 4) is 0 Å². The Kier molecular flexibility index (Phi) is 2.59. The second-order valence-corrected chi connectivity index (χ2v) is 4.01. The third kappa shape index (κ3) is 1.68. The molecule has 0 spiro atoms. The van der Waals surface area contributed by atoms with Crippen LogP contribution < -0.4 is 5.56 Å². The second-order valence-electron chi connectivity index (χ2n) is 3.14. The van der Waals surface area contributed by atoms with E-state index in [4.69, 9.17) is 0 Å². The Morgan fingerprint density at radius 1 is 1.36 bits per heavy atom. The Morgan fingerprint density at radius 2 is 2.14 bits per heavy atom. The van der Waals surface area contributed by atoms with Crippen LogP contribution in [0.15, 0.2) is 35.1 Å². The Bertz CT molecular complexity index is 504. The molecule has 1 heterocycles. The number of rotatable bonds is 2. The molecule has 1 N–H and O–H groups in total. The molecule has 0 amide bonds. The minimum absolute atomic E-state index is 0.0260. The Hall–Kier alpha value is -1.22. The summed E-state index contributed by atoms with van der Waals surface area (Å²) in [6, 6.07) is 9.79. The number of benzene rings is 1. The van der Waals surface area contributed by atoms with Crippen LogP contribution in [0, 0.1) is 0 Å². The number of aromatic amines is 1. The molecule has 0 aliphatic carbocycles. The smallest absolute Gasteiger partial charge is 0.252 e. The average molecular weight is 205 g/mol. The predicted octanol–water partition coefficient (Wildman–Crippen LogP) is 2.39. The van der Waals surface area contributed by atoms with E-state index in [2.05, 4.69) is 4.98 Å². The fourth-order valence-electron chi connectivity index (χ4n) is 1.46. The molecule has 3 heteroatoms. The van der Waals surface area contributed by atoms with E-state index in [1.165, 1.54) is 0 Å². The molecule has 2 rings (SSSR count). The van der Waals surface area contributed by atoms with E-state index in [1.807, 2.05) is 36.6 Å². The van der Waals surface area contributed by atoms with Gasteiger partial charge < -0.3 is 4.98 Å². The van der Waals surface area contributed by atoms with Crippen molar-refractivity contribution >= 4 is 22.7 Å². The van der Waals surface area contributed by atoms with Crippen LogP contribution in [0.5, 0.6) is 0 Å². The molecule has 14 heavy (non-hydrogen) atoms. The molecule has 0 aliphatic rings. The topological polar surface area (TPSA) is 32.9 Å². The highest BCUT2D eigenvalue weighted by molar-refractivity contribution is 7.97. The molecular weight excluding hydrogens is 194 g/mol. The van der Waals surface area contributed by atoms with Gasteiger partial charge in [0, 0.05) is 16.8 Å². The van der Waals surface area contributed by atoms with Gasteiger partial charge in [-0.05, 0) is 23.8 Å². The van der Waals surface area contributed by atoms with Gasteiger partial charge in [-0.3, -0.25) is 4.79 Å². The molecule has 2 nitrogen and oxygen atoms in total. The minimum Gasteiger partial charge on any atom is -0.322 e. The van der Waals surface area contributed by atoms with Crippen molar-refractivity contribution in [1.29, 1.82) is 0 Å². The molecule has 0 fully saturated rings. The standard InChI is InChI=1S/C11H11NOS/c1-14-7-9-6-8-4-2-3-5-10(8)12-11(9)13/h2-6H,7H2,1H3,(H,12,13). The molecule has 0 aliphatic heterocycles. The average Bonchev–Trinajstić information content (AvgIpc) is 2.19. The van der Waals surface area contributed by atoms with Crippen molar-refractivity contribution in [2.45, 2.75) is 5.75 Å². The highest BCUT2D eigenvalue weighted by Gasteiger charge is 2.00. The van der Waals surface area contributed by atoms with E-state index in [9.17, 15) is 4.79 Å². The second kappa shape index (κ2) is 3.88. The maximum atomic E-state index is 11.6. The summed E-state index contributed by atoms with van der Waals surface area (Å²) < 4.78 is 0. The Balaban J connectivity index is 2.65. The summed E-state index contributed by atoms with van der Waals surface area (Å²) in [4.78, 5) is 14.4. The van der Waals surface area contributed by atoms with Crippen molar-refractivity contribution in [3.05, 3.63) is 46.2 Å². The number of H-pyrrole nitrogens is 1. The first-order valence-electron chi connectivity index (χ1n) is 4.41. The van der Waals surface area contributed by atoms with Crippen molar-refractivity contribution in [1.82, 2.24) is 4.98 Å². The maximum absolute atomic E-state index is 11.6. The van der Waals surface area contributed by atoms with Crippen LogP contribution in [0.1, 0.15) is 5.56 Å². The Labute approximate surface area is 86.3 Å². The number of pyridine rings is 1. The fraction of sp³-hybridized carbons (Fsp3) is 0.182. The SMILES string of the molecule is CSCc1cc2ccccc2[nH]c1=O. The summed E-state index contributed by atoms with van der Waals surface area (Å²) in [5, 5.41) is 1.09. The normalized spacial score (nSPS) is 10.6. The summed E-state index contributed by atoms with van der Waals surface area (Å²) in [6.45, 7) is 0. The maximum Gasteiger partial charge on any atom is 0.252 e. The van der Waals surface area contributed by atoms with Crippen molar-refractivity contribution < 1.29 is 0 Å². The number of fused-ring (bicyclic) bond motifs is 1. The van der Waals surface area contributed by atoms with Crippen molar-refractivity contribution in [2.24, 2.45) is 0 Å². The van der Waals surface area contributed by atoms with Gasteiger partial charge in [0.2, 0.25) is 0 Å². The molecule has 0 radical (unpaired) electrons. The van der Waals surface area contributed by atoms with Crippen molar-refractivity contribution in [3.63, 3.8) is 0 Å². The summed E-state index contributed by atoms with van der Waals surface area (Å²) in [5.41, 5.74) is 1.77. The molecular formula is C11H11NOS. The van der Waals surface area contributed by atoms with E-state index < -0.39 is 0 Å². The Morgan fingerprint density at radius 3 is 2.93 bits per heavy atom. The highest BCUT2D eigenvalue weighted by Crippen LogP contribution is 2.12. The summed E-state index contributed by atoms with van der Waals surface area (Å²) in [7, 11) is 0. The van der Waals surface area contributed by atoms with Gasteiger partial charge in [-0.25, -0.2) is 0 Å². The number of para-hydroxylation sites is 1. The van der Waals surface area contributed by atoms with E-state index in [0.29, 0.717) is 0 Å². The molecule has 0 atom stereocenters. The first kappa shape index (κ1) is 9.34. The summed E-state index contributed by atoms with van der Waals surface area (Å²) in [5.74, 6) is 0.764. The molecule has 0 bridgehead atoms. The van der Waals surface area contributed by atoms with Gasteiger partial charge in [-0.15, -0.1) is 0 Å². The lowest BCUT2D eigenvalue weighted by molar-refractivity contribution is 1.22. The molecule has 1 aromatic heterocycles. The zero-order valence-corrected chi connectivity index (χ0v) is 8.73. The number of hydrogen-bond acceptors (Lipinski definition) is 2. The lowest BCUT2D eigenvalue weighted by Crippen LogP contribution is -2.10. The van der Waals surface area contributed by atoms with Gasteiger partial charge >= 0.3 is 0 Å². The van der Waals surface area contributed by atoms with Gasteiger partial charge in [0.05, 0.1) is 0 Å². The zero-order valence-electron chi connectivity index (χ0n) is 7.91. The highest BCUT2D eigenvalue weighted by atomic mass is 32.2. The monoisotopic (exact) mass is 205 g/mol. The molecule has 2 aromatic rings.